The summed E-state index contributed by atoms with van der Waals surface area (Å²) < 4.78 is 117. The zero-order valence-electron chi connectivity index (χ0n) is 83.1. The normalized spacial score (nSPS) is 15.7. The van der Waals surface area contributed by atoms with Gasteiger partial charge >= 0.3 is 21.1 Å². The third-order valence-corrected chi connectivity index (χ3v) is 25.5. The van der Waals surface area contributed by atoms with Crippen molar-refractivity contribution in [3.8, 4) is 0 Å². The van der Waals surface area contributed by atoms with Crippen molar-refractivity contribution in [2.75, 3.05) is 44.6 Å². The van der Waals surface area contributed by atoms with Gasteiger partial charge in [-0.05, 0) is 216 Å². The first-order valence-corrected chi connectivity index (χ1v) is 46.7. The van der Waals surface area contributed by atoms with Crippen LogP contribution < -0.4 is 33.9 Å². The van der Waals surface area contributed by atoms with Gasteiger partial charge in [0.1, 0.15) is 24.9 Å². The molecule has 6 aliphatic rings. The van der Waals surface area contributed by atoms with Crippen LogP contribution in [0.3, 0.4) is 0 Å². The number of Topliss-reactive ketones (excluding diaryl/α,β-unsaturated/α-hetero) is 4. The maximum Gasteiger partial charge on any atom is 0.523 e. The summed E-state index contributed by atoms with van der Waals surface area (Å²) in [6.07, 6.45) is 10.1. The molecule has 0 amide bonds. The summed E-state index contributed by atoms with van der Waals surface area (Å²) in [5, 5.41) is 17.6. The number of carbonyl (C=O) groups is 5. The van der Waals surface area contributed by atoms with Crippen LogP contribution in [0.25, 0.3) is 27.3 Å². The van der Waals surface area contributed by atoms with Gasteiger partial charge in [0.05, 0.1) is 40.7 Å². The fourth-order valence-electron chi connectivity index (χ4n) is 14.6. The van der Waals surface area contributed by atoms with E-state index in [1.807, 2.05) is 135 Å². The minimum atomic E-state index is -6.09. The van der Waals surface area contributed by atoms with E-state index in [1.54, 1.807) is 13.0 Å². The number of halogens is 7. The summed E-state index contributed by atoms with van der Waals surface area (Å²) in [5.74, 6) is 3.49. The van der Waals surface area contributed by atoms with Gasteiger partial charge in [-0.2, -0.15) is 34.8 Å². The van der Waals surface area contributed by atoms with Crippen molar-refractivity contribution >= 4 is 123 Å². The summed E-state index contributed by atoms with van der Waals surface area (Å²) >= 11 is 0. The molecule has 0 radical (unpaired) electrons. The van der Waals surface area contributed by atoms with Gasteiger partial charge in [-0.3, -0.25) is 39.2 Å². The highest BCUT2D eigenvalue weighted by Crippen LogP contribution is 2.49. The minimum absolute atomic E-state index is 0. The number of para-hydroxylation sites is 1. The van der Waals surface area contributed by atoms with Crippen LogP contribution in [0, 0.1) is 5.92 Å². The van der Waals surface area contributed by atoms with Crippen molar-refractivity contribution in [1.82, 2.24) is 5.32 Å². The Morgan fingerprint density at radius 3 is 1.36 bits per heavy atom. The summed E-state index contributed by atoms with van der Waals surface area (Å²) in [7, 11) is -6.76. The topological polar surface area (TPSA) is 289 Å². The number of fused-ring (bicyclic) bond motifs is 7. The van der Waals surface area contributed by atoms with E-state index >= 15 is 0 Å². The molecule has 9 aromatic carbocycles. The highest BCUT2D eigenvalue weighted by molar-refractivity contribution is 7.87. The van der Waals surface area contributed by atoms with Crippen LogP contribution in [0.5, 0.6) is 0 Å². The van der Waals surface area contributed by atoms with Gasteiger partial charge in [0.25, 0.3) is 0 Å². The van der Waals surface area contributed by atoms with Crippen molar-refractivity contribution in [2.24, 2.45) is 15.9 Å². The van der Waals surface area contributed by atoms with Gasteiger partial charge in [-0.1, -0.05) is 248 Å². The van der Waals surface area contributed by atoms with E-state index in [9.17, 15) is 59.0 Å². The number of hydrogen-bond donors (Lipinski definition) is 4. The maximum atomic E-state index is 13.1. The van der Waals surface area contributed by atoms with E-state index in [0.717, 1.165) is 56.3 Å². The number of anilines is 2. The number of alkyl halides is 6. The largest absolute Gasteiger partial charge is 1.00 e. The lowest BCUT2D eigenvalue weighted by molar-refractivity contribution is -0.403. The Labute approximate surface area is 803 Å². The molecule has 6 N–H and O–H groups in total. The summed E-state index contributed by atoms with van der Waals surface area (Å²) in [6, 6.07) is 61.0. The van der Waals surface area contributed by atoms with Crippen molar-refractivity contribution < 1.29 is 105 Å². The number of ketones is 4. The van der Waals surface area contributed by atoms with Gasteiger partial charge in [0.15, 0.2) is 33.2 Å². The fraction of sp³-hybridized carbons (Fsp3) is 0.402. The number of aliphatic hydroxyl groups excluding tert-OH is 1. The zero-order valence-corrected chi connectivity index (χ0v) is 84.5. The Bertz CT molecular complexity index is 6120. The molecule has 0 spiro atoms. The number of quaternary nitrogens is 1. The number of nitrogens with one attached hydrogen (secondary N) is 2. The molecule has 0 unspecified atom stereocenters. The van der Waals surface area contributed by atoms with Crippen LogP contribution >= 0.6 is 0 Å². The fourth-order valence-corrected chi connectivity index (χ4v) is 14.8. The van der Waals surface area contributed by atoms with E-state index < -0.39 is 31.3 Å². The lowest BCUT2D eigenvalue weighted by Crippen LogP contribution is -3.00. The Morgan fingerprint density at radius 2 is 0.985 bits per heavy atom. The minimum Gasteiger partial charge on any atom is -1.00 e. The predicted octanol–water partition coefficient (Wildman–Crippen LogP) is 21.9. The number of carbonyl (C=O) groups excluding carboxylic acids is 5. The molecule has 135 heavy (non-hydrogen) atoms. The Balaban J connectivity index is 0.000000413. The Morgan fingerprint density at radius 1 is 0.593 bits per heavy atom. The van der Waals surface area contributed by atoms with Gasteiger partial charge in [-0.25, -0.2) is 18.4 Å². The molecule has 4 aliphatic heterocycles. The molecule has 15 rings (SSSR count). The molecule has 9 aromatic rings. The van der Waals surface area contributed by atoms with E-state index in [-0.39, 0.29) is 105 Å². The first kappa shape index (κ1) is 116. The molecular weight excluding hydrogens is 1790 g/mol. The number of aldehydes is 1. The Kier molecular flexibility index (Phi) is 40.3. The summed E-state index contributed by atoms with van der Waals surface area (Å²) in [4.78, 5) is 68.9. The Hall–Kier alpha value is -10.9. The average molecular weight is 1930 g/mol. The van der Waals surface area contributed by atoms with Crippen LogP contribution in [0.2, 0.25) is 0 Å². The molecule has 734 valence electrons. The molecular formula is C107H137ClF6N7O12S2-. The second kappa shape index (κ2) is 46.8. The molecule has 1 saturated heterocycles. The maximum absolute atomic E-state index is 13.1. The number of rotatable bonds is 6. The number of nitrogens with zero attached hydrogens (tertiary/aromatic N) is 4. The van der Waals surface area contributed by atoms with E-state index in [0.29, 0.717) is 29.4 Å². The smallest absolute Gasteiger partial charge is 0.523 e. The third-order valence-electron chi connectivity index (χ3n) is 24.0. The number of allylic oxidation sites excluding steroid dienone is 5. The van der Waals surface area contributed by atoms with Crippen LogP contribution in [0.15, 0.2) is 221 Å². The quantitative estimate of drug-likeness (QED) is 0.0115. The van der Waals surface area contributed by atoms with Gasteiger partial charge < -0.3 is 38.5 Å². The lowest BCUT2D eigenvalue weighted by atomic mass is 9.78. The highest BCUT2D eigenvalue weighted by Gasteiger charge is 2.47. The molecule has 0 bridgehead atoms. The molecule has 0 atom stereocenters. The number of benzene rings is 9. The number of aliphatic imine (C=N–C) groups is 2. The molecule has 0 saturated carbocycles. The summed E-state index contributed by atoms with van der Waals surface area (Å²) in [5.41, 5.74) is 14.0. The van der Waals surface area contributed by atoms with Crippen molar-refractivity contribution in [3.05, 3.63) is 272 Å². The lowest BCUT2D eigenvalue weighted by Gasteiger charge is -2.25. The monoisotopic (exact) mass is 1930 g/mol. The zero-order chi connectivity index (χ0) is 101. The van der Waals surface area contributed by atoms with Crippen molar-refractivity contribution in [1.29, 1.82) is 0 Å². The SMILES string of the molecule is C.C1CCNCC1.CC(=O)C(C)C.CC(C)(C)c1ccc(N[NH3+])cc1.CC1=Nc2ccc(C(C)(C)C)cc2C1(C)C.CC1=[N+](C)c2ccc(C(C)(C)C)cc2C1(C)C.CC=O.CN1/C(=C/C=C2C(=O)c3cc4ccccc4cc3C2=O)C(C)(C)c2cc(C(C)(C)C)ccc21.COS(=O)(=O)C(F)(F)F.O=C1C(C=Nc2ccccc2)=C(O)c2cc3ccccc3cc21.O=S(=O)([O-])C(F)(F)F.[2H-].[Cl-]. The molecule has 19 nitrogen and oxygen atoms in total. The van der Waals surface area contributed by atoms with Gasteiger partial charge in [0, 0.05) is 87.9 Å². The van der Waals surface area contributed by atoms with Crippen molar-refractivity contribution in [2.45, 2.75) is 242 Å². The van der Waals surface area contributed by atoms with Crippen LogP contribution in [-0.4, -0.2) is 123 Å². The van der Waals surface area contributed by atoms with Crippen LogP contribution in [0.4, 0.5) is 54.8 Å². The number of likely N-dealkylation sites (N-methyl/N-ethyl adjacent to an activating group) is 1. The second-order valence-electron chi connectivity index (χ2n) is 39.0. The van der Waals surface area contributed by atoms with E-state index in [1.165, 1.54) is 102 Å². The number of aliphatic hydroxyl groups is 1. The second-order valence-corrected chi connectivity index (χ2v) is 42.0. The number of piperidine rings is 1. The third kappa shape index (κ3) is 29.6. The van der Waals surface area contributed by atoms with Crippen LogP contribution in [0.1, 0.15) is 270 Å². The van der Waals surface area contributed by atoms with Crippen LogP contribution in [-0.2, 0) is 71.9 Å². The van der Waals surface area contributed by atoms with Crippen molar-refractivity contribution in [3.63, 3.8) is 0 Å². The first-order valence-electron chi connectivity index (χ1n) is 43.9. The van der Waals surface area contributed by atoms with E-state index in [4.69, 9.17) is 17.8 Å². The van der Waals surface area contributed by atoms with Gasteiger partial charge in [0.2, 0.25) is 5.69 Å². The summed E-state index contributed by atoms with van der Waals surface area (Å²) in [6.45, 7) is 54.1. The predicted molar refractivity (Wildman–Crippen MR) is 535 cm³/mol. The molecule has 28 heteroatoms. The standard InChI is InChI=1S/C30H29NO2.C20H13NO2.C16H24N.C15H21N.C10H16N2.C5H11N.C5H10O.C2H3F3O3S.C2H4O.CHF3O3S.CH4.ClH.H/c1-29(2,3)20-11-13-25-24(17-20)30(4,5)26(31(25)6)14-12-21-27(32)22-15-18-9-7-8-10-19(18)16-23(22)28(21)33;22-19-16-10-13-6-4-5-7-14(13)11-17(16)20(23)18(19)12-21-15-8-2-1-3-9-15;1-11-16(5,6)13-10-12(15(2,3)4)8-9-14(13)17(11)7;1-10-15(5,6)12-9-11(14(2,3)4)7-8-13(12)16-10;1-10(2,3)8-4-6-9(12-11)7-5-8;1-2-4-6-5-3-1;1-4(2)5(3)6;1-8-9(6,7)2(3,4)5;1-2-3;2-1(3,4)8(5,6)7;;;/h7-17H,1-6H3;1-12,22H;8-10H,1-7H3;7-9H,1-6H3;4-7,12H,11H2,1-3H3;6H,1-5H2;4H,1-3H3;1H3;2H,1H3;(H,5,6,7);1H4;1H;/q;;+1;;;;;;;;;;-1/p-1/b26-14+;;;;;;;;;;;;/i;;;;;;;;;;;;1+1. The van der Waals surface area contributed by atoms with Gasteiger partial charge in [-0.15, -0.1) is 0 Å². The molecule has 4 heterocycles. The first-order chi connectivity index (χ1) is 61.3. The molecule has 1 fully saturated rings. The molecule has 2 aliphatic carbocycles. The highest BCUT2D eigenvalue weighted by atomic mass is 35.5. The molecule has 0 aromatic heterocycles. The number of hydrogen-bond acceptors (Lipinski definition) is 17. The average Bonchev–Trinajstić information content (AvgIpc) is 1.59. The van der Waals surface area contributed by atoms with E-state index in [2.05, 4.69) is 260 Å².